The first-order valence-electron chi connectivity index (χ1n) is 8.13. The van der Waals surface area contributed by atoms with Crippen LogP contribution in [0.2, 0.25) is 0 Å². The Morgan fingerprint density at radius 2 is 1.05 bits per heavy atom. The lowest BCUT2D eigenvalue weighted by Crippen LogP contribution is -1.92. The van der Waals surface area contributed by atoms with Crippen molar-refractivity contribution in [3.63, 3.8) is 0 Å². The van der Waals surface area contributed by atoms with Crippen LogP contribution in [0, 0.1) is 0 Å². The Kier molecular flexibility index (Phi) is 5.93. The van der Waals surface area contributed by atoms with Crippen LogP contribution in [-0.4, -0.2) is 0 Å². The minimum Gasteiger partial charge on any atom is -0.0895 e. The normalized spacial score (nSPS) is 10.9. The van der Waals surface area contributed by atoms with Crippen molar-refractivity contribution < 1.29 is 0 Å². The molecule has 0 aromatic heterocycles. The van der Waals surface area contributed by atoms with Gasteiger partial charge in [-0.15, -0.1) is 0 Å². The van der Waals surface area contributed by atoms with Gasteiger partial charge in [0.25, 0.3) is 0 Å². The fourth-order valence-corrected chi connectivity index (χ4v) is 3.87. The largest absolute Gasteiger partial charge is 0.0895 e. The van der Waals surface area contributed by atoms with Crippen LogP contribution in [0.1, 0.15) is 49.9 Å². The Bertz CT molecular complexity index is 545. The summed E-state index contributed by atoms with van der Waals surface area (Å²) in [6.45, 7) is 8.94. The third-order valence-electron chi connectivity index (χ3n) is 4.06. The van der Waals surface area contributed by atoms with Crippen molar-refractivity contribution in [2.75, 3.05) is 0 Å². The van der Waals surface area contributed by atoms with E-state index in [4.69, 9.17) is 0 Å². The Morgan fingerprint density at radius 3 is 1.38 bits per heavy atom. The maximum absolute atomic E-state index is 2.38. The van der Waals surface area contributed by atoms with Gasteiger partial charge in [-0.3, -0.25) is 0 Å². The Labute approximate surface area is 134 Å². The topological polar surface area (TPSA) is 0 Å². The van der Waals surface area contributed by atoms with E-state index in [0.29, 0.717) is 0 Å². The first-order chi connectivity index (χ1) is 10.2. The van der Waals surface area contributed by atoms with Crippen molar-refractivity contribution in [3.8, 4) is 0 Å². The van der Waals surface area contributed by atoms with Crippen LogP contribution >= 0.6 is 11.8 Å². The molecular weight excluding hydrogens is 272 g/mol. The maximum Gasteiger partial charge on any atom is 0.0157 e. The summed E-state index contributed by atoms with van der Waals surface area (Å²) < 4.78 is 0. The molecule has 2 aromatic rings. The van der Waals surface area contributed by atoms with Crippen molar-refractivity contribution in [1.82, 2.24) is 0 Å². The van der Waals surface area contributed by atoms with E-state index in [1.54, 1.807) is 0 Å². The molecule has 112 valence electrons. The summed E-state index contributed by atoms with van der Waals surface area (Å²) in [6.07, 6.45) is 4.41. The van der Waals surface area contributed by atoms with E-state index in [1.807, 2.05) is 11.8 Å². The summed E-state index contributed by atoms with van der Waals surface area (Å²) in [5.74, 6) is 0. The van der Waals surface area contributed by atoms with E-state index in [0.717, 1.165) is 25.7 Å². The molecule has 0 bridgehead atoms. The monoisotopic (exact) mass is 298 g/mol. The van der Waals surface area contributed by atoms with Gasteiger partial charge in [-0.2, -0.15) is 0 Å². The molecular formula is C20H26S. The lowest BCUT2D eigenvalue weighted by Gasteiger charge is -2.13. The third kappa shape index (κ3) is 3.91. The number of rotatable bonds is 6. The smallest absolute Gasteiger partial charge is 0.0157 e. The Balaban J connectivity index is 2.40. The van der Waals surface area contributed by atoms with Crippen LogP contribution in [0.25, 0.3) is 0 Å². The van der Waals surface area contributed by atoms with Crippen LogP contribution < -0.4 is 0 Å². The predicted octanol–water partition coefficient (Wildman–Crippen LogP) is 6.09. The standard InChI is InChI=1S/C20H26S/c1-5-15-9-11-17(7-3)19(13-15)21-20-14-16(6-2)10-12-18(20)8-4/h9-14H,5-8H2,1-4H3. The summed E-state index contributed by atoms with van der Waals surface area (Å²) in [5, 5.41) is 0. The molecule has 21 heavy (non-hydrogen) atoms. The van der Waals surface area contributed by atoms with Crippen LogP contribution in [0.15, 0.2) is 46.2 Å². The Hall–Kier alpha value is -1.21. The van der Waals surface area contributed by atoms with Gasteiger partial charge in [0.1, 0.15) is 0 Å². The molecule has 0 saturated heterocycles. The molecule has 0 aliphatic rings. The molecule has 0 radical (unpaired) electrons. The first-order valence-corrected chi connectivity index (χ1v) is 8.94. The van der Waals surface area contributed by atoms with Gasteiger partial charge in [-0.25, -0.2) is 0 Å². The van der Waals surface area contributed by atoms with E-state index in [1.165, 1.54) is 32.0 Å². The van der Waals surface area contributed by atoms with Crippen molar-refractivity contribution in [2.24, 2.45) is 0 Å². The molecule has 0 amide bonds. The Morgan fingerprint density at radius 1 is 0.619 bits per heavy atom. The van der Waals surface area contributed by atoms with Gasteiger partial charge in [0.05, 0.1) is 0 Å². The van der Waals surface area contributed by atoms with Crippen LogP contribution in [-0.2, 0) is 25.7 Å². The zero-order chi connectivity index (χ0) is 15.2. The highest BCUT2D eigenvalue weighted by Crippen LogP contribution is 2.35. The predicted molar refractivity (Wildman–Crippen MR) is 94.5 cm³/mol. The van der Waals surface area contributed by atoms with Gasteiger partial charge in [0, 0.05) is 9.79 Å². The highest BCUT2D eigenvalue weighted by atomic mass is 32.2. The van der Waals surface area contributed by atoms with E-state index in [-0.39, 0.29) is 0 Å². The van der Waals surface area contributed by atoms with E-state index in [2.05, 4.69) is 64.1 Å². The summed E-state index contributed by atoms with van der Waals surface area (Å²) in [4.78, 5) is 2.86. The summed E-state index contributed by atoms with van der Waals surface area (Å²) in [6, 6.07) is 13.9. The van der Waals surface area contributed by atoms with Gasteiger partial charge < -0.3 is 0 Å². The number of aryl methyl sites for hydroxylation is 4. The van der Waals surface area contributed by atoms with Crippen molar-refractivity contribution >= 4 is 11.8 Å². The molecule has 0 atom stereocenters. The van der Waals surface area contributed by atoms with Gasteiger partial charge in [0.15, 0.2) is 0 Å². The molecule has 0 spiro atoms. The molecule has 0 saturated carbocycles. The minimum atomic E-state index is 1.10. The van der Waals surface area contributed by atoms with Crippen molar-refractivity contribution in [3.05, 3.63) is 58.7 Å². The zero-order valence-electron chi connectivity index (χ0n) is 13.7. The number of benzene rings is 2. The molecule has 0 N–H and O–H groups in total. The number of hydrogen-bond acceptors (Lipinski definition) is 1. The zero-order valence-corrected chi connectivity index (χ0v) is 14.5. The van der Waals surface area contributed by atoms with Crippen molar-refractivity contribution in [2.45, 2.75) is 63.2 Å². The molecule has 0 aliphatic heterocycles. The highest BCUT2D eigenvalue weighted by Gasteiger charge is 2.08. The SMILES string of the molecule is CCc1ccc(CC)c(Sc2cc(CC)ccc2CC)c1. The molecule has 2 aromatic carbocycles. The highest BCUT2D eigenvalue weighted by molar-refractivity contribution is 7.99. The molecule has 0 unspecified atom stereocenters. The minimum absolute atomic E-state index is 1.10. The number of hydrogen-bond donors (Lipinski definition) is 0. The molecule has 0 nitrogen and oxygen atoms in total. The van der Waals surface area contributed by atoms with Gasteiger partial charge in [0.2, 0.25) is 0 Å². The lowest BCUT2D eigenvalue weighted by atomic mass is 10.1. The van der Waals surface area contributed by atoms with Gasteiger partial charge in [-0.05, 0) is 60.1 Å². The fourth-order valence-electron chi connectivity index (χ4n) is 2.53. The van der Waals surface area contributed by atoms with Crippen molar-refractivity contribution in [1.29, 1.82) is 0 Å². The lowest BCUT2D eigenvalue weighted by molar-refractivity contribution is 1.03. The summed E-state index contributed by atoms with van der Waals surface area (Å²) in [5.41, 5.74) is 5.78. The quantitative estimate of drug-likeness (QED) is 0.622. The second-order valence-corrected chi connectivity index (χ2v) is 6.48. The second-order valence-electron chi connectivity index (χ2n) is 5.40. The van der Waals surface area contributed by atoms with Crippen LogP contribution in [0.4, 0.5) is 0 Å². The van der Waals surface area contributed by atoms with Crippen LogP contribution in [0.5, 0.6) is 0 Å². The second kappa shape index (κ2) is 7.70. The average molecular weight is 298 g/mol. The average Bonchev–Trinajstić information content (AvgIpc) is 2.54. The van der Waals surface area contributed by atoms with Gasteiger partial charge in [-0.1, -0.05) is 63.7 Å². The fraction of sp³-hybridized carbons (Fsp3) is 0.400. The molecule has 1 heteroatoms. The maximum atomic E-state index is 2.38. The van der Waals surface area contributed by atoms with Crippen LogP contribution in [0.3, 0.4) is 0 Å². The summed E-state index contributed by atoms with van der Waals surface area (Å²) in [7, 11) is 0. The van der Waals surface area contributed by atoms with Gasteiger partial charge >= 0.3 is 0 Å². The molecule has 0 heterocycles. The third-order valence-corrected chi connectivity index (χ3v) is 5.26. The summed E-state index contributed by atoms with van der Waals surface area (Å²) >= 11 is 1.95. The first kappa shape index (κ1) is 16.2. The molecule has 0 fully saturated rings. The van der Waals surface area contributed by atoms with E-state index >= 15 is 0 Å². The molecule has 2 rings (SSSR count). The van der Waals surface area contributed by atoms with E-state index in [9.17, 15) is 0 Å². The molecule has 0 aliphatic carbocycles. The van der Waals surface area contributed by atoms with E-state index < -0.39 is 0 Å².